The van der Waals surface area contributed by atoms with Crippen molar-refractivity contribution >= 4 is 0 Å². The highest BCUT2D eigenvalue weighted by Gasteiger charge is 1.99. The van der Waals surface area contributed by atoms with Gasteiger partial charge in [-0.1, -0.05) is 6.07 Å². The summed E-state index contributed by atoms with van der Waals surface area (Å²) in [5.74, 6) is 0.900. The Balaban J connectivity index is 1.98. The summed E-state index contributed by atoms with van der Waals surface area (Å²) in [5.41, 5.74) is 2.09. The van der Waals surface area contributed by atoms with Crippen LogP contribution in [-0.4, -0.2) is 37.1 Å². The first kappa shape index (κ1) is 12.6. The molecule has 0 fully saturated rings. The van der Waals surface area contributed by atoms with Gasteiger partial charge in [-0.05, 0) is 50.5 Å². The van der Waals surface area contributed by atoms with Gasteiger partial charge in [0.05, 0.1) is 5.69 Å². The summed E-state index contributed by atoms with van der Waals surface area (Å²) in [4.78, 5) is 6.42. The number of benzene rings is 1. The Kier molecular flexibility index (Phi) is 4.31. The van der Waals surface area contributed by atoms with Crippen molar-refractivity contribution in [2.24, 2.45) is 0 Å². The molecule has 2 aromatic rings. The summed E-state index contributed by atoms with van der Waals surface area (Å²) in [7, 11) is 4.07. The summed E-state index contributed by atoms with van der Waals surface area (Å²) in [6.07, 6.45) is 1.80. The van der Waals surface area contributed by atoms with E-state index < -0.39 is 0 Å². The van der Waals surface area contributed by atoms with E-state index in [2.05, 4.69) is 9.88 Å². The van der Waals surface area contributed by atoms with E-state index in [-0.39, 0.29) is 0 Å². The van der Waals surface area contributed by atoms with Crippen molar-refractivity contribution in [3.8, 4) is 17.0 Å². The third kappa shape index (κ3) is 3.57. The molecule has 0 radical (unpaired) electrons. The second-order valence-corrected chi connectivity index (χ2v) is 4.39. The average molecular weight is 242 g/mol. The van der Waals surface area contributed by atoms with Gasteiger partial charge in [-0.15, -0.1) is 0 Å². The molecule has 1 aromatic carbocycles. The lowest BCUT2D eigenvalue weighted by Crippen LogP contribution is -2.19. The van der Waals surface area contributed by atoms with Gasteiger partial charge in [-0.3, -0.25) is 4.98 Å². The highest BCUT2D eigenvalue weighted by molar-refractivity contribution is 5.59. The monoisotopic (exact) mass is 242 g/mol. The lowest BCUT2D eigenvalue weighted by atomic mass is 10.1. The fraction of sp³-hybridized carbons (Fsp3) is 0.267. The number of hydrogen-bond donors (Lipinski definition) is 0. The minimum Gasteiger partial charge on any atom is -0.492 e. The van der Waals surface area contributed by atoms with Crippen LogP contribution in [0, 0.1) is 0 Å². The first-order valence-electron chi connectivity index (χ1n) is 6.05. The van der Waals surface area contributed by atoms with Crippen LogP contribution in [0.2, 0.25) is 0 Å². The molecule has 0 atom stereocenters. The topological polar surface area (TPSA) is 25.4 Å². The number of likely N-dealkylation sites (N-methyl/N-ethyl adjacent to an activating group) is 1. The molecule has 94 valence electrons. The van der Waals surface area contributed by atoms with Crippen molar-refractivity contribution in [2.45, 2.75) is 0 Å². The highest BCUT2D eigenvalue weighted by atomic mass is 16.5. The van der Waals surface area contributed by atoms with E-state index in [1.807, 2.05) is 56.6 Å². The van der Waals surface area contributed by atoms with Gasteiger partial charge in [0, 0.05) is 18.3 Å². The molecule has 0 saturated carbocycles. The number of hydrogen-bond acceptors (Lipinski definition) is 3. The van der Waals surface area contributed by atoms with Crippen molar-refractivity contribution in [2.75, 3.05) is 27.2 Å². The molecule has 0 saturated heterocycles. The van der Waals surface area contributed by atoms with Crippen LogP contribution in [0.5, 0.6) is 5.75 Å². The molecule has 0 N–H and O–H groups in total. The third-order valence-electron chi connectivity index (χ3n) is 2.62. The average Bonchev–Trinajstić information content (AvgIpc) is 2.40. The summed E-state index contributed by atoms with van der Waals surface area (Å²) >= 11 is 0. The van der Waals surface area contributed by atoms with Gasteiger partial charge in [0.25, 0.3) is 0 Å². The molecule has 0 bridgehead atoms. The van der Waals surface area contributed by atoms with E-state index in [0.29, 0.717) is 6.61 Å². The van der Waals surface area contributed by atoms with Gasteiger partial charge in [-0.2, -0.15) is 0 Å². The zero-order valence-electron chi connectivity index (χ0n) is 10.8. The standard InChI is InChI=1S/C15H18N2O/c1-17(2)11-12-18-14-8-6-13(7-9-14)15-5-3-4-10-16-15/h3-10H,11-12H2,1-2H3. The van der Waals surface area contributed by atoms with Crippen LogP contribution in [0.15, 0.2) is 48.7 Å². The van der Waals surface area contributed by atoms with E-state index in [9.17, 15) is 0 Å². The van der Waals surface area contributed by atoms with Gasteiger partial charge >= 0.3 is 0 Å². The van der Waals surface area contributed by atoms with Gasteiger partial charge in [0.15, 0.2) is 0 Å². The number of aromatic nitrogens is 1. The molecule has 18 heavy (non-hydrogen) atoms. The first-order chi connectivity index (χ1) is 8.75. The molecule has 0 aliphatic carbocycles. The Morgan fingerprint density at radius 1 is 1.06 bits per heavy atom. The molecule has 0 aliphatic rings. The van der Waals surface area contributed by atoms with Crippen molar-refractivity contribution in [3.05, 3.63) is 48.7 Å². The van der Waals surface area contributed by atoms with Crippen LogP contribution in [-0.2, 0) is 0 Å². The van der Waals surface area contributed by atoms with Crippen molar-refractivity contribution < 1.29 is 4.74 Å². The fourth-order valence-corrected chi connectivity index (χ4v) is 1.60. The Labute approximate surface area is 108 Å². The molecule has 0 spiro atoms. The molecule has 3 heteroatoms. The number of pyridine rings is 1. The van der Waals surface area contributed by atoms with E-state index in [1.54, 1.807) is 6.20 Å². The Bertz CT molecular complexity index is 466. The molecular formula is C15H18N2O. The molecular weight excluding hydrogens is 224 g/mol. The first-order valence-corrected chi connectivity index (χ1v) is 6.05. The van der Waals surface area contributed by atoms with Crippen LogP contribution in [0.1, 0.15) is 0 Å². The smallest absolute Gasteiger partial charge is 0.119 e. The normalized spacial score (nSPS) is 10.6. The fourth-order valence-electron chi connectivity index (χ4n) is 1.60. The zero-order chi connectivity index (χ0) is 12.8. The van der Waals surface area contributed by atoms with Crippen LogP contribution in [0.25, 0.3) is 11.3 Å². The molecule has 3 nitrogen and oxygen atoms in total. The van der Waals surface area contributed by atoms with Gasteiger partial charge in [0.1, 0.15) is 12.4 Å². The lowest BCUT2D eigenvalue weighted by Gasteiger charge is -2.11. The number of nitrogens with zero attached hydrogens (tertiary/aromatic N) is 2. The molecule has 1 heterocycles. The maximum atomic E-state index is 5.65. The van der Waals surface area contributed by atoms with Gasteiger partial charge in [-0.25, -0.2) is 0 Å². The van der Waals surface area contributed by atoms with Crippen LogP contribution in [0.4, 0.5) is 0 Å². The van der Waals surface area contributed by atoms with E-state index in [0.717, 1.165) is 23.6 Å². The maximum Gasteiger partial charge on any atom is 0.119 e. The van der Waals surface area contributed by atoms with Crippen LogP contribution >= 0.6 is 0 Å². The second-order valence-electron chi connectivity index (χ2n) is 4.39. The summed E-state index contributed by atoms with van der Waals surface area (Å²) < 4.78 is 5.65. The summed E-state index contributed by atoms with van der Waals surface area (Å²) in [6.45, 7) is 1.62. The highest BCUT2D eigenvalue weighted by Crippen LogP contribution is 2.20. The number of rotatable bonds is 5. The quantitative estimate of drug-likeness (QED) is 0.806. The van der Waals surface area contributed by atoms with Crippen LogP contribution < -0.4 is 4.74 Å². The van der Waals surface area contributed by atoms with Crippen molar-refractivity contribution in [1.82, 2.24) is 9.88 Å². The minimum atomic E-state index is 0.704. The predicted molar refractivity (Wildman–Crippen MR) is 73.7 cm³/mol. The largest absolute Gasteiger partial charge is 0.492 e. The lowest BCUT2D eigenvalue weighted by molar-refractivity contribution is 0.261. The van der Waals surface area contributed by atoms with E-state index >= 15 is 0 Å². The minimum absolute atomic E-state index is 0.704. The predicted octanol–water partition coefficient (Wildman–Crippen LogP) is 2.69. The molecule has 2 rings (SSSR count). The molecule has 0 aliphatic heterocycles. The molecule has 0 unspecified atom stereocenters. The zero-order valence-corrected chi connectivity index (χ0v) is 10.8. The SMILES string of the molecule is CN(C)CCOc1ccc(-c2ccccn2)cc1. The van der Waals surface area contributed by atoms with Gasteiger partial charge in [0.2, 0.25) is 0 Å². The summed E-state index contributed by atoms with van der Waals surface area (Å²) in [5, 5.41) is 0. The summed E-state index contributed by atoms with van der Waals surface area (Å²) in [6, 6.07) is 14.0. The van der Waals surface area contributed by atoms with Crippen molar-refractivity contribution in [1.29, 1.82) is 0 Å². The second kappa shape index (κ2) is 6.17. The third-order valence-corrected chi connectivity index (χ3v) is 2.62. The van der Waals surface area contributed by atoms with Crippen molar-refractivity contribution in [3.63, 3.8) is 0 Å². The van der Waals surface area contributed by atoms with E-state index in [1.165, 1.54) is 0 Å². The Morgan fingerprint density at radius 2 is 1.83 bits per heavy atom. The van der Waals surface area contributed by atoms with E-state index in [4.69, 9.17) is 4.74 Å². The maximum absolute atomic E-state index is 5.65. The Hall–Kier alpha value is -1.87. The van der Waals surface area contributed by atoms with Gasteiger partial charge < -0.3 is 9.64 Å². The molecule has 0 amide bonds. The molecule has 1 aromatic heterocycles. The Morgan fingerprint density at radius 3 is 2.44 bits per heavy atom. The number of ether oxygens (including phenoxy) is 1. The van der Waals surface area contributed by atoms with Crippen LogP contribution in [0.3, 0.4) is 0 Å².